The standard InChI is InChI=1S/C11H22N2O/c1-9(2)7-12-8-11-5-4-6-13(11)10(3)14/h9,11-12H,4-8H2,1-3H3/t11-/m0/s1. The van der Waals surface area contributed by atoms with Gasteiger partial charge in [0.1, 0.15) is 0 Å². The van der Waals surface area contributed by atoms with Crippen LogP contribution in [0.25, 0.3) is 0 Å². The van der Waals surface area contributed by atoms with Crippen LogP contribution in [0.4, 0.5) is 0 Å². The van der Waals surface area contributed by atoms with Crippen molar-refractivity contribution < 1.29 is 4.79 Å². The third-order valence-electron chi connectivity index (χ3n) is 2.71. The highest BCUT2D eigenvalue weighted by Crippen LogP contribution is 2.16. The summed E-state index contributed by atoms with van der Waals surface area (Å²) in [5, 5.41) is 3.42. The van der Waals surface area contributed by atoms with Crippen molar-refractivity contribution in [2.75, 3.05) is 19.6 Å². The van der Waals surface area contributed by atoms with E-state index in [-0.39, 0.29) is 5.91 Å². The molecule has 0 radical (unpaired) electrons. The van der Waals surface area contributed by atoms with Gasteiger partial charge in [0.25, 0.3) is 0 Å². The Morgan fingerprint density at radius 3 is 2.86 bits per heavy atom. The maximum atomic E-state index is 11.3. The molecule has 14 heavy (non-hydrogen) atoms. The van der Waals surface area contributed by atoms with Gasteiger partial charge in [0.2, 0.25) is 5.91 Å². The molecular formula is C11H22N2O. The number of carbonyl (C=O) groups excluding carboxylic acids is 1. The second-order valence-electron chi connectivity index (χ2n) is 4.56. The molecule has 0 saturated carbocycles. The van der Waals surface area contributed by atoms with E-state index in [4.69, 9.17) is 0 Å². The van der Waals surface area contributed by atoms with Gasteiger partial charge < -0.3 is 10.2 Å². The molecule has 1 amide bonds. The van der Waals surface area contributed by atoms with Gasteiger partial charge in [-0.1, -0.05) is 13.8 Å². The van der Waals surface area contributed by atoms with E-state index in [0.29, 0.717) is 12.0 Å². The molecule has 1 saturated heterocycles. The number of hydrogen-bond acceptors (Lipinski definition) is 2. The number of nitrogens with zero attached hydrogens (tertiary/aromatic N) is 1. The highest BCUT2D eigenvalue weighted by atomic mass is 16.2. The fraction of sp³-hybridized carbons (Fsp3) is 0.909. The van der Waals surface area contributed by atoms with Crippen molar-refractivity contribution >= 4 is 5.91 Å². The molecule has 0 aromatic rings. The van der Waals surface area contributed by atoms with Crippen LogP contribution in [0.1, 0.15) is 33.6 Å². The lowest BCUT2D eigenvalue weighted by atomic mass is 10.2. The minimum atomic E-state index is 0.221. The predicted octanol–water partition coefficient (Wildman–Crippen LogP) is 1.24. The first-order valence-corrected chi connectivity index (χ1v) is 5.59. The molecule has 0 spiro atoms. The first-order valence-electron chi connectivity index (χ1n) is 5.59. The average molecular weight is 198 g/mol. The van der Waals surface area contributed by atoms with Crippen molar-refractivity contribution in [3.05, 3.63) is 0 Å². The number of amides is 1. The quantitative estimate of drug-likeness (QED) is 0.737. The molecular weight excluding hydrogens is 176 g/mol. The second kappa shape index (κ2) is 5.35. The van der Waals surface area contributed by atoms with Crippen LogP contribution >= 0.6 is 0 Å². The smallest absolute Gasteiger partial charge is 0.219 e. The Morgan fingerprint density at radius 2 is 2.29 bits per heavy atom. The minimum Gasteiger partial charge on any atom is -0.339 e. The van der Waals surface area contributed by atoms with Gasteiger partial charge in [0, 0.05) is 26.1 Å². The summed E-state index contributed by atoms with van der Waals surface area (Å²) in [6.07, 6.45) is 2.32. The molecule has 0 unspecified atom stereocenters. The summed E-state index contributed by atoms with van der Waals surface area (Å²) in [5.41, 5.74) is 0. The fourth-order valence-corrected chi connectivity index (χ4v) is 2.00. The number of carbonyl (C=O) groups is 1. The van der Waals surface area contributed by atoms with Gasteiger partial charge in [-0.15, -0.1) is 0 Å². The lowest BCUT2D eigenvalue weighted by molar-refractivity contribution is -0.129. The summed E-state index contributed by atoms with van der Waals surface area (Å²) in [5.74, 6) is 0.904. The third kappa shape index (κ3) is 3.29. The maximum absolute atomic E-state index is 11.3. The first kappa shape index (κ1) is 11.5. The van der Waals surface area contributed by atoms with Crippen LogP contribution in [0.15, 0.2) is 0 Å². The zero-order chi connectivity index (χ0) is 10.6. The molecule has 1 rings (SSSR count). The largest absolute Gasteiger partial charge is 0.339 e. The second-order valence-corrected chi connectivity index (χ2v) is 4.56. The summed E-state index contributed by atoms with van der Waals surface area (Å²) in [7, 11) is 0. The Kier molecular flexibility index (Phi) is 4.39. The summed E-state index contributed by atoms with van der Waals surface area (Å²) in [6.45, 7) is 9.01. The van der Waals surface area contributed by atoms with Gasteiger partial charge in [-0.25, -0.2) is 0 Å². The van der Waals surface area contributed by atoms with E-state index in [9.17, 15) is 4.79 Å². The van der Waals surface area contributed by atoms with Crippen LogP contribution < -0.4 is 5.32 Å². The molecule has 1 aliphatic rings. The van der Waals surface area contributed by atoms with Crippen molar-refractivity contribution in [1.82, 2.24) is 10.2 Å². The van der Waals surface area contributed by atoms with E-state index >= 15 is 0 Å². The molecule has 0 aromatic heterocycles. The average Bonchev–Trinajstić information content (AvgIpc) is 2.51. The van der Waals surface area contributed by atoms with E-state index < -0.39 is 0 Å². The Morgan fingerprint density at radius 1 is 1.57 bits per heavy atom. The fourth-order valence-electron chi connectivity index (χ4n) is 2.00. The SMILES string of the molecule is CC(=O)N1CCC[C@H]1CNCC(C)C. The molecule has 1 aliphatic heterocycles. The van der Waals surface area contributed by atoms with Crippen LogP contribution in [-0.4, -0.2) is 36.5 Å². The monoisotopic (exact) mass is 198 g/mol. The maximum Gasteiger partial charge on any atom is 0.219 e. The molecule has 1 fully saturated rings. The Hall–Kier alpha value is -0.570. The Balaban J connectivity index is 2.26. The highest BCUT2D eigenvalue weighted by molar-refractivity contribution is 5.73. The van der Waals surface area contributed by atoms with Gasteiger partial charge in [-0.3, -0.25) is 4.79 Å². The lowest BCUT2D eigenvalue weighted by Crippen LogP contribution is -2.41. The van der Waals surface area contributed by atoms with Gasteiger partial charge >= 0.3 is 0 Å². The highest BCUT2D eigenvalue weighted by Gasteiger charge is 2.25. The molecule has 1 heterocycles. The van der Waals surface area contributed by atoms with Crippen molar-refractivity contribution in [1.29, 1.82) is 0 Å². The van der Waals surface area contributed by atoms with Crippen molar-refractivity contribution in [2.45, 2.75) is 39.7 Å². The van der Waals surface area contributed by atoms with Crippen LogP contribution in [-0.2, 0) is 4.79 Å². The lowest BCUT2D eigenvalue weighted by Gasteiger charge is -2.23. The summed E-state index contributed by atoms with van der Waals surface area (Å²) >= 11 is 0. The number of rotatable bonds is 4. The van der Waals surface area contributed by atoms with E-state index in [0.717, 1.165) is 32.5 Å². The van der Waals surface area contributed by atoms with E-state index in [1.165, 1.54) is 0 Å². The molecule has 3 heteroatoms. The Labute approximate surface area is 86.9 Å². The van der Waals surface area contributed by atoms with Gasteiger partial charge in [-0.2, -0.15) is 0 Å². The minimum absolute atomic E-state index is 0.221. The van der Waals surface area contributed by atoms with Crippen LogP contribution in [0.5, 0.6) is 0 Å². The van der Waals surface area contributed by atoms with E-state index in [1.807, 2.05) is 4.90 Å². The van der Waals surface area contributed by atoms with Gasteiger partial charge in [0.05, 0.1) is 0 Å². The van der Waals surface area contributed by atoms with Crippen molar-refractivity contribution in [3.8, 4) is 0 Å². The van der Waals surface area contributed by atoms with Crippen molar-refractivity contribution in [2.24, 2.45) is 5.92 Å². The topological polar surface area (TPSA) is 32.3 Å². The van der Waals surface area contributed by atoms with Crippen LogP contribution in [0.3, 0.4) is 0 Å². The van der Waals surface area contributed by atoms with E-state index in [2.05, 4.69) is 19.2 Å². The zero-order valence-corrected chi connectivity index (χ0v) is 9.55. The molecule has 3 nitrogen and oxygen atoms in total. The molecule has 0 aliphatic carbocycles. The summed E-state index contributed by atoms with van der Waals surface area (Å²) in [6, 6.07) is 0.436. The summed E-state index contributed by atoms with van der Waals surface area (Å²) in [4.78, 5) is 13.2. The Bertz CT molecular complexity index is 192. The van der Waals surface area contributed by atoms with E-state index in [1.54, 1.807) is 6.92 Å². The summed E-state index contributed by atoms with van der Waals surface area (Å²) < 4.78 is 0. The zero-order valence-electron chi connectivity index (χ0n) is 9.55. The van der Waals surface area contributed by atoms with Crippen molar-refractivity contribution in [3.63, 3.8) is 0 Å². The third-order valence-corrected chi connectivity index (χ3v) is 2.71. The normalized spacial score (nSPS) is 22.0. The molecule has 0 bridgehead atoms. The number of likely N-dealkylation sites (tertiary alicyclic amines) is 1. The first-order chi connectivity index (χ1) is 6.61. The number of nitrogens with one attached hydrogen (secondary N) is 1. The molecule has 1 atom stereocenters. The van der Waals surface area contributed by atoms with Gasteiger partial charge in [-0.05, 0) is 25.3 Å². The number of hydrogen-bond donors (Lipinski definition) is 1. The van der Waals surface area contributed by atoms with Crippen LogP contribution in [0.2, 0.25) is 0 Å². The van der Waals surface area contributed by atoms with Gasteiger partial charge in [0.15, 0.2) is 0 Å². The molecule has 82 valence electrons. The molecule has 0 aromatic carbocycles. The molecule has 1 N–H and O–H groups in total. The van der Waals surface area contributed by atoms with Crippen LogP contribution in [0, 0.1) is 5.92 Å². The predicted molar refractivity (Wildman–Crippen MR) is 58.1 cm³/mol.